The highest BCUT2D eigenvalue weighted by atomic mass is 79.9. The normalized spacial score (nSPS) is 15.9. The fraction of sp³-hybridized carbons (Fsp3) is 0.286. The Balaban J connectivity index is 1.52. The van der Waals surface area contributed by atoms with Gasteiger partial charge in [0.05, 0.1) is 18.7 Å². The van der Waals surface area contributed by atoms with Gasteiger partial charge in [0.1, 0.15) is 5.75 Å². The maximum absolute atomic E-state index is 12.3. The second kappa shape index (κ2) is 9.09. The summed E-state index contributed by atoms with van der Waals surface area (Å²) in [6, 6.07) is 12.5. The van der Waals surface area contributed by atoms with Crippen LogP contribution in [0.4, 0.5) is 11.4 Å². The van der Waals surface area contributed by atoms with E-state index >= 15 is 0 Å². The van der Waals surface area contributed by atoms with Gasteiger partial charge >= 0.3 is 5.97 Å². The van der Waals surface area contributed by atoms with Crippen LogP contribution >= 0.6 is 15.9 Å². The van der Waals surface area contributed by atoms with Crippen molar-refractivity contribution in [1.29, 1.82) is 0 Å². The minimum atomic E-state index is -0.608. The summed E-state index contributed by atoms with van der Waals surface area (Å²) >= 11 is 3.38. The van der Waals surface area contributed by atoms with Crippen molar-refractivity contribution in [2.24, 2.45) is 5.92 Å². The van der Waals surface area contributed by atoms with Gasteiger partial charge in [-0.15, -0.1) is 0 Å². The van der Waals surface area contributed by atoms with Gasteiger partial charge in [-0.1, -0.05) is 6.07 Å². The van der Waals surface area contributed by atoms with Gasteiger partial charge < -0.3 is 19.7 Å². The molecule has 3 rings (SSSR count). The van der Waals surface area contributed by atoms with Crippen molar-refractivity contribution < 1.29 is 23.9 Å². The Bertz CT molecular complexity index is 929. The van der Waals surface area contributed by atoms with Crippen LogP contribution in [0.15, 0.2) is 46.9 Å². The molecule has 0 bridgehead atoms. The number of ether oxygens (including phenoxy) is 2. The smallest absolute Gasteiger partial charge is 0.311 e. The third-order valence-electron chi connectivity index (χ3n) is 4.59. The highest BCUT2D eigenvalue weighted by Gasteiger charge is 2.36. The van der Waals surface area contributed by atoms with Crippen molar-refractivity contribution in [3.63, 3.8) is 0 Å². The first-order valence-electron chi connectivity index (χ1n) is 9.04. The SMILES string of the molecule is COc1ccc(N2CC(C(=O)OCC(=O)Nc3ccc(C)cc3Br)CC2=O)cc1. The van der Waals surface area contributed by atoms with Crippen LogP contribution in [0.1, 0.15) is 12.0 Å². The van der Waals surface area contributed by atoms with Crippen LogP contribution < -0.4 is 15.0 Å². The molecule has 2 amide bonds. The van der Waals surface area contributed by atoms with E-state index in [1.54, 1.807) is 37.4 Å². The van der Waals surface area contributed by atoms with E-state index < -0.39 is 24.4 Å². The monoisotopic (exact) mass is 460 g/mol. The predicted octanol–water partition coefficient (Wildman–Crippen LogP) is 3.30. The number of anilines is 2. The molecule has 1 aliphatic heterocycles. The Hall–Kier alpha value is -2.87. The first-order valence-corrected chi connectivity index (χ1v) is 9.83. The fourth-order valence-electron chi connectivity index (χ4n) is 3.04. The lowest BCUT2D eigenvalue weighted by Crippen LogP contribution is -2.28. The number of rotatable bonds is 6. The molecule has 2 aromatic carbocycles. The highest BCUT2D eigenvalue weighted by molar-refractivity contribution is 9.10. The van der Waals surface area contributed by atoms with Crippen LogP contribution in [0.25, 0.3) is 0 Å². The zero-order valence-corrected chi connectivity index (χ0v) is 17.7. The molecule has 1 saturated heterocycles. The predicted molar refractivity (Wildman–Crippen MR) is 112 cm³/mol. The van der Waals surface area contributed by atoms with Gasteiger partial charge in [-0.25, -0.2) is 0 Å². The summed E-state index contributed by atoms with van der Waals surface area (Å²) in [7, 11) is 1.57. The molecule has 1 unspecified atom stereocenters. The maximum atomic E-state index is 12.3. The molecule has 1 aliphatic rings. The van der Waals surface area contributed by atoms with Crippen LogP contribution in [0.3, 0.4) is 0 Å². The van der Waals surface area contributed by atoms with Gasteiger partial charge in [0.25, 0.3) is 5.91 Å². The number of hydrogen-bond acceptors (Lipinski definition) is 5. The molecule has 0 radical (unpaired) electrons. The number of nitrogens with zero attached hydrogens (tertiary/aromatic N) is 1. The average molecular weight is 461 g/mol. The quantitative estimate of drug-likeness (QED) is 0.668. The topological polar surface area (TPSA) is 84.9 Å². The second-order valence-electron chi connectivity index (χ2n) is 6.74. The van der Waals surface area contributed by atoms with E-state index in [4.69, 9.17) is 9.47 Å². The molecule has 0 aliphatic carbocycles. The molecule has 1 heterocycles. The van der Waals surface area contributed by atoms with E-state index in [1.165, 1.54) is 4.90 Å². The second-order valence-corrected chi connectivity index (χ2v) is 7.60. The molecular formula is C21H21BrN2O5. The number of amides is 2. The van der Waals surface area contributed by atoms with Crippen LogP contribution in [-0.2, 0) is 19.1 Å². The number of carbonyl (C=O) groups is 3. The number of carbonyl (C=O) groups excluding carboxylic acids is 3. The zero-order valence-electron chi connectivity index (χ0n) is 16.1. The number of esters is 1. The number of methoxy groups -OCH3 is 1. The van der Waals surface area contributed by atoms with Crippen molar-refractivity contribution in [3.8, 4) is 5.75 Å². The number of benzene rings is 2. The fourth-order valence-corrected chi connectivity index (χ4v) is 3.63. The van der Waals surface area contributed by atoms with Crippen LogP contribution in [-0.4, -0.2) is 38.0 Å². The lowest BCUT2D eigenvalue weighted by atomic mass is 10.1. The Kier molecular flexibility index (Phi) is 6.53. The molecule has 8 heteroatoms. The molecule has 152 valence electrons. The molecule has 1 atom stereocenters. The van der Waals surface area contributed by atoms with E-state index in [9.17, 15) is 14.4 Å². The zero-order chi connectivity index (χ0) is 21.0. The van der Waals surface area contributed by atoms with E-state index in [0.717, 1.165) is 10.0 Å². The third kappa shape index (κ3) is 5.14. The lowest BCUT2D eigenvalue weighted by Gasteiger charge is -2.17. The molecule has 0 saturated carbocycles. The van der Waals surface area contributed by atoms with Crippen LogP contribution in [0.5, 0.6) is 5.75 Å². The van der Waals surface area contributed by atoms with Crippen LogP contribution in [0.2, 0.25) is 0 Å². The number of aryl methyl sites for hydroxylation is 1. The summed E-state index contributed by atoms with van der Waals surface area (Å²) < 4.78 is 11.0. The molecule has 1 N–H and O–H groups in total. The maximum Gasteiger partial charge on any atom is 0.311 e. The Morgan fingerprint density at radius 2 is 1.93 bits per heavy atom. The molecule has 7 nitrogen and oxygen atoms in total. The molecule has 29 heavy (non-hydrogen) atoms. The summed E-state index contributed by atoms with van der Waals surface area (Å²) in [6.45, 7) is 1.75. The Morgan fingerprint density at radius 3 is 2.59 bits per heavy atom. The minimum absolute atomic E-state index is 0.0516. The first kappa shape index (κ1) is 20.9. The van der Waals surface area contributed by atoms with Gasteiger partial charge in [0, 0.05) is 23.1 Å². The molecule has 2 aromatic rings. The molecule has 0 aromatic heterocycles. The van der Waals surface area contributed by atoms with Gasteiger partial charge in [-0.2, -0.15) is 0 Å². The molecular weight excluding hydrogens is 440 g/mol. The van der Waals surface area contributed by atoms with Gasteiger partial charge in [-0.3, -0.25) is 14.4 Å². The minimum Gasteiger partial charge on any atom is -0.497 e. The summed E-state index contributed by atoms with van der Waals surface area (Å²) in [5.74, 6) is -1.09. The van der Waals surface area contributed by atoms with Gasteiger partial charge in [-0.05, 0) is 64.8 Å². The lowest BCUT2D eigenvalue weighted by molar-refractivity contribution is -0.151. The standard InChI is InChI=1S/C21H21BrN2O5/c1-13-3-8-18(17(22)9-13)23-19(25)12-29-21(27)14-10-20(26)24(11-14)15-4-6-16(28-2)7-5-15/h3-9,14H,10-12H2,1-2H3,(H,23,25). The highest BCUT2D eigenvalue weighted by Crippen LogP contribution is 2.27. The Labute approximate surface area is 177 Å². The number of nitrogens with one attached hydrogen (secondary N) is 1. The van der Waals surface area contributed by atoms with Crippen molar-refractivity contribution >= 4 is 45.1 Å². The molecule has 0 spiro atoms. The number of hydrogen-bond donors (Lipinski definition) is 1. The van der Waals surface area contributed by atoms with Crippen molar-refractivity contribution in [2.75, 3.05) is 30.5 Å². The molecule has 1 fully saturated rings. The van der Waals surface area contributed by atoms with E-state index in [1.807, 2.05) is 19.1 Å². The van der Waals surface area contributed by atoms with E-state index in [0.29, 0.717) is 17.1 Å². The van der Waals surface area contributed by atoms with E-state index in [-0.39, 0.29) is 18.9 Å². The van der Waals surface area contributed by atoms with E-state index in [2.05, 4.69) is 21.2 Å². The third-order valence-corrected chi connectivity index (χ3v) is 5.24. The van der Waals surface area contributed by atoms with Crippen molar-refractivity contribution in [2.45, 2.75) is 13.3 Å². The summed E-state index contributed by atoms with van der Waals surface area (Å²) in [6.07, 6.45) is 0.0516. The van der Waals surface area contributed by atoms with Crippen molar-refractivity contribution in [3.05, 3.63) is 52.5 Å². The average Bonchev–Trinajstić information content (AvgIpc) is 3.10. The summed E-state index contributed by atoms with van der Waals surface area (Å²) in [4.78, 5) is 38.2. The van der Waals surface area contributed by atoms with Crippen molar-refractivity contribution in [1.82, 2.24) is 0 Å². The van der Waals surface area contributed by atoms with Gasteiger partial charge in [0.2, 0.25) is 5.91 Å². The summed E-state index contributed by atoms with van der Waals surface area (Å²) in [5.41, 5.74) is 2.33. The summed E-state index contributed by atoms with van der Waals surface area (Å²) in [5, 5.41) is 2.69. The Morgan fingerprint density at radius 1 is 1.21 bits per heavy atom. The number of halogens is 1. The first-order chi connectivity index (χ1) is 13.9. The largest absolute Gasteiger partial charge is 0.497 e. The van der Waals surface area contributed by atoms with Gasteiger partial charge in [0.15, 0.2) is 6.61 Å². The van der Waals surface area contributed by atoms with Crippen LogP contribution in [0, 0.1) is 12.8 Å².